The van der Waals surface area contributed by atoms with E-state index in [9.17, 15) is 0 Å². The monoisotopic (exact) mass is 194 g/mol. The number of hydrogen-bond acceptors (Lipinski definition) is 4. The van der Waals surface area contributed by atoms with Crippen LogP contribution in [-0.2, 0) is 18.9 Å². The summed E-state index contributed by atoms with van der Waals surface area (Å²) in [5, 5.41) is 0. The van der Waals surface area contributed by atoms with E-state index < -0.39 is 6.16 Å². The molecule has 0 rings (SSSR count). The lowest BCUT2D eigenvalue weighted by atomic mass is 10.5. The maximum Gasteiger partial charge on any atom is 0.411 e. The molecule has 0 aliphatic heterocycles. The van der Waals surface area contributed by atoms with Crippen LogP contribution in [0.3, 0.4) is 0 Å². The second-order valence-electron chi connectivity index (χ2n) is 2.31. The Morgan fingerprint density at radius 3 is 1.92 bits per heavy atom. The molecule has 0 aliphatic carbocycles. The summed E-state index contributed by atoms with van der Waals surface area (Å²) in [6, 6.07) is 1.20. The standard InChI is InChI=1S/C7H18O4Si/c1-8-7(9-2,10-3)11-5-4-6-12/h4-6H2,1-3,12H3. The maximum atomic E-state index is 5.27. The van der Waals surface area contributed by atoms with Gasteiger partial charge >= 0.3 is 6.16 Å². The van der Waals surface area contributed by atoms with Crippen LogP contribution in [0.2, 0.25) is 6.04 Å². The third-order valence-corrected chi connectivity index (χ3v) is 2.23. The van der Waals surface area contributed by atoms with Crippen LogP contribution in [0.15, 0.2) is 0 Å². The van der Waals surface area contributed by atoms with Crippen LogP contribution in [0.5, 0.6) is 0 Å². The van der Waals surface area contributed by atoms with Crippen molar-refractivity contribution in [3.05, 3.63) is 0 Å². The molecule has 4 nitrogen and oxygen atoms in total. The summed E-state index contributed by atoms with van der Waals surface area (Å²) in [5.41, 5.74) is 0. The molecule has 74 valence electrons. The Balaban J connectivity index is 3.76. The van der Waals surface area contributed by atoms with Gasteiger partial charge in [0.15, 0.2) is 0 Å². The third kappa shape index (κ3) is 3.64. The van der Waals surface area contributed by atoms with Gasteiger partial charge in [0.2, 0.25) is 0 Å². The molecule has 0 bridgehead atoms. The van der Waals surface area contributed by atoms with E-state index >= 15 is 0 Å². The molecule has 0 atom stereocenters. The first-order valence-electron chi connectivity index (χ1n) is 4.04. The first kappa shape index (κ1) is 12.1. The molecule has 0 saturated heterocycles. The van der Waals surface area contributed by atoms with Crippen molar-refractivity contribution in [3.63, 3.8) is 0 Å². The molecular formula is C7H18O4Si. The molecule has 0 saturated carbocycles. The summed E-state index contributed by atoms with van der Waals surface area (Å²) < 4.78 is 20.1. The van der Waals surface area contributed by atoms with Crippen molar-refractivity contribution in [2.75, 3.05) is 27.9 Å². The fraction of sp³-hybridized carbons (Fsp3) is 1.00. The molecule has 0 N–H and O–H groups in total. The van der Waals surface area contributed by atoms with Crippen molar-refractivity contribution in [2.45, 2.75) is 18.6 Å². The topological polar surface area (TPSA) is 36.9 Å². The molecule has 5 heteroatoms. The van der Waals surface area contributed by atoms with Gasteiger partial charge in [0, 0.05) is 31.6 Å². The van der Waals surface area contributed by atoms with Gasteiger partial charge in [-0.3, -0.25) is 0 Å². The van der Waals surface area contributed by atoms with Crippen molar-refractivity contribution in [3.8, 4) is 0 Å². The lowest BCUT2D eigenvalue weighted by Gasteiger charge is -2.27. The van der Waals surface area contributed by atoms with Gasteiger partial charge in [-0.25, -0.2) is 0 Å². The molecule has 0 aliphatic rings. The zero-order chi connectivity index (χ0) is 9.45. The van der Waals surface area contributed by atoms with E-state index in [0.717, 1.165) is 6.42 Å². The van der Waals surface area contributed by atoms with Crippen LogP contribution in [0.25, 0.3) is 0 Å². The quantitative estimate of drug-likeness (QED) is 0.317. The average Bonchev–Trinajstić information content (AvgIpc) is 2.14. The highest BCUT2D eigenvalue weighted by atomic mass is 28.1. The summed E-state index contributed by atoms with van der Waals surface area (Å²) in [6.07, 6.45) is -0.291. The SMILES string of the molecule is COC(OC)(OC)OCCC[SiH3]. The highest BCUT2D eigenvalue weighted by molar-refractivity contribution is 6.08. The first-order chi connectivity index (χ1) is 5.74. The summed E-state index contributed by atoms with van der Waals surface area (Å²) in [4.78, 5) is 0. The molecule has 0 aromatic rings. The van der Waals surface area contributed by atoms with Crippen LogP contribution < -0.4 is 0 Å². The van der Waals surface area contributed by atoms with E-state index in [4.69, 9.17) is 18.9 Å². The molecular weight excluding hydrogens is 176 g/mol. The van der Waals surface area contributed by atoms with Gasteiger partial charge in [0.1, 0.15) is 0 Å². The summed E-state index contributed by atoms with van der Waals surface area (Å²) >= 11 is 0. The smallest absolute Gasteiger partial charge is 0.307 e. The van der Waals surface area contributed by atoms with Crippen molar-refractivity contribution in [1.29, 1.82) is 0 Å². The average molecular weight is 194 g/mol. The van der Waals surface area contributed by atoms with E-state index in [1.807, 2.05) is 0 Å². The minimum atomic E-state index is -1.31. The molecule has 0 fully saturated rings. The van der Waals surface area contributed by atoms with Crippen molar-refractivity contribution in [2.24, 2.45) is 0 Å². The van der Waals surface area contributed by atoms with E-state index in [1.54, 1.807) is 0 Å². The van der Waals surface area contributed by atoms with Crippen LogP contribution >= 0.6 is 0 Å². The molecule has 0 spiro atoms. The molecule has 12 heavy (non-hydrogen) atoms. The fourth-order valence-corrected chi connectivity index (χ4v) is 1.06. The Morgan fingerprint density at radius 1 is 1.08 bits per heavy atom. The van der Waals surface area contributed by atoms with E-state index in [1.165, 1.54) is 37.6 Å². The number of ether oxygens (including phenoxy) is 4. The lowest BCUT2D eigenvalue weighted by molar-refractivity contribution is -0.479. The van der Waals surface area contributed by atoms with Crippen molar-refractivity contribution in [1.82, 2.24) is 0 Å². The summed E-state index contributed by atoms with van der Waals surface area (Å²) in [5.74, 6) is 0. The van der Waals surface area contributed by atoms with Crippen LogP contribution in [0.1, 0.15) is 6.42 Å². The van der Waals surface area contributed by atoms with E-state index in [0.29, 0.717) is 6.61 Å². The van der Waals surface area contributed by atoms with Gasteiger partial charge in [-0.1, -0.05) is 6.04 Å². The van der Waals surface area contributed by atoms with Crippen molar-refractivity contribution >= 4 is 10.2 Å². The van der Waals surface area contributed by atoms with Crippen LogP contribution in [0.4, 0.5) is 0 Å². The maximum absolute atomic E-state index is 5.27. The van der Waals surface area contributed by atoms with Gasteiger partial charge in [-0.2, -0.15) is 0 Å². The second kappa shape index (κ2) is 6.56. The Hall–Kier alpha value is 0.0569. The third-order valence-electron chi connectivity index (χ3n) is 1.53. The second-order valence-corrected chi connectivity index (χ2v) is 3.31. The zero-order valence-corrected chi connectivity index (χ0v) is 10.3. The number of hydrogen-bond donors (Lipinski definition) is 0. The Morgan fingerprint density at radius 2 is 1.58 bits per heavy atom. The van der Waals surface area contributed by atoms with E-state index in [-0.39, 0.29) is 0 Å². The molecule has 0 aromatic heterocycles. The van der Waals surface area contributed by atoms with Gasteiger partial charge in [0.25, 0.3) is 0 Å². The molecule has 0 aromatic carbocycles. The van der Waals surface area contributed by atoms with E-state index in [2.05, 4.69) is 0 Å². The number of methoxy groups -OCH3 is 3. The Bertz CT molecular complexity index is 97.3. The molecule has 0 amide bonds. The van der Waals surface area contributed by atoms with Crippen LogP contribution in [-0.4, -0.2) is 44.3 Å². The predicted molar refractivity (Wildman–Crippen MR) is 49.1 cm³/mol. The Labute approximate surface area is 76.6 Å². The van der Waals surface area contributed by atoms with Gasteiger partial charge < -0.3 is 18.9 Å². The minimum absolute atomic E-state index is 0.596. The molecule has 0 radical (unpaired) electrons. The van der Waals surface area contributed by atoms with Crippen LogP contribution in [0, 0.1) is 0 Å². The summed E-state index contributed by atoms with van der Waals surface area (Å²) in [6.45, 7) is 0.596. The first-order valence-corrected chi connectivity index (χ1v) is 5.45. The number of rotatable bonds is 7. The van der Waals surface area contributed by atoms with Gasteiger partial charge in [0.05, 0.1) is 6.61 Å². The van der Waals surface area contributed by atoms with Crippen molar-refractivity contribution < 1.29 is 18.9 Å². The molecule has 0 heterocycles. The highest BCUT2D eigenvalue weighted by Gasteiger charge is 2.30. The molecule has 0 unspecified atom stereocenters. The highest BCUT2D eigenvalue weighted by Crippen LogP contribution is 2.14. The lowest BCUT2D eigenvalue weighted by Crippen LogP contribution is -2.39. The predicted octanol–water partition coefficient (Wildman–Crippen LogP) is -0.273. The zero-order valence-electron chi connectivity index (χ0n) is 8.25. The largest absolute Gasteiger partial charge is 0.411 e. The summed E-state index contributed by atoms with van der Waals surface area (Å²) in [7, 11) is 5.63. The van der Waals surface area contributed by atoms with Gasteiger partial charge in [-0.15, -0.1) is 0 Å². The fourth-order valence-electron chi connectivity index (χ4n) is 0.768. The normalized spacial score (nSPS) is 12.2. The Kier molecular flexibility index (Phi) is 6.59. The minimum Gasteiger partial charge on any atom is -0.307 e. The van der Waals surface area contributed by atoms with Gasteiger partial charge in [-0.05, 0) is 6.42 Å².